The number of aromatic nitrogens is 2. The van der Waals surface area contributed by atoms with Gasteiger partial charge >= 0.3 is 0 Å². The fraction of sp³-hybridized carbons (Fsp3) is 0.211. The normalized spacial score (nSPS) is 10.7. The van der Waals surface area contributed by atoms with Crippen LogP contribution in [0.2, 0.25) is 5.02 Å². The van der Waals surface area contributed by atoms with Gasteiger partial charge in [0.2, 0.25) is 0 Å². The van der Waals surface area contributed by atoms with E-state index in [1.54, 1.807) is 24.0 Å². The Bertz CT molecular complexity index is 874. The third-order valence-corrected chi connectivity index (χ3v) is 4.26. The summed E-state index contributed by atoms with van der Waals surface area (Å²) in [5, 5.41) is 4.44. The molecule has 1 amide bonds. The summed E-state index contributed by atoms with van der Waals surface area (Å²) in [7, 11) is 0. The molecular weight excluding hydrogens is 338 g/mol. The largest absolute Gasteiger partial charge is 0.335 e. The second kappa shape index (κ2) is 7.49. The Kier molecular flexibility index (Phi) is 5.14. The van der Waals surface area contributed by atoms with E-state index in [1.165, 1.54) is 0 Å². The Morgan fingerprint density at radius 1 is 1.16 bits per heavy atom. The van der Waals surface area contributed by atoms with Crippen LogP contribution in [0.1, 0.15) is 28.7 Å². The van der Waals surface area contributed by atoms with E-state index < -0.39 is 0 Å². The second-order valence-electron chi connectivity index (χ2n) is 5.63. The maximum atomic E-state index is 12.8. The van der Waals surface area contributed by atoms with E-state index >= 15 is 0 Å². The average Bonchev–Trinajstić information content (AvgIpc) is 3.07. The van der Waals surface area contributed by atoms with Gasteiger partial charge in [0.1, 0.15) is 0 Å². The highest BCUT2D eigenvalue weighted by molar-refractivity contribution is 6.31. The van der Waals surface area contributed by atoms with Crippen molar-refractivity contribution < 1.29 is 9.32 Å². The molecule has 0 saturated carbocycles. The van der Waals surface area contributed by atoms with Gasteiger partial charge in [0.15, 0.2) is 5.82 Å². The minimum atomic E-state index is -0.0457. The van der Waals surface area contributed by atoms with Crippen molar-refractivity contribution in [3.05, 3.63) is 70.5 Å². The van der Waals surface area contributed by atoms with Gasteiger partial charge in [-0.05, 0) is 49.7 Å². The van der Waals surface area contributed by atoms with Crippen LogP contribution in [0.15, 0.2) is 53.1 Å². The molecule has 3 rings (SSSR count). The van der Waals surface area contributed by atoms with Crippen LogP contribution in [0, 0.1) is 6.92 Å². The summed E-state index contributed by atoms with van der Waals surface area (Å²) in [6, 6.07) is 14.7. The Hall–Kier alpha value is -2.66. The van der Waals surface area contributed by atoms with Crippen molar-refractivity contribution in [1.82, 2.24) is 15.0 Å². The first-order valence-electron chi connectivity index (χ1n) is 8.02. The molecule has 3 aromatic rings. The number of aryl methyl sites for hydroxylation is 1. The zero-order chi connectivity index (χ0) is 17.8. The van der Waals surface area contributed by atoms with Crippen molar-refractivity contribution >= 4 is 17.5 Å². The smallest absolute Gasteiger partial charge is 0.257 e. The zero-order valence-electron chi connectivity index (χ0n) is 14.1. The van der Waals surface area contributed by atoms with Crippen molar-refractivity contribution in [2.45, 2.75) is 20.4 Å². The number of hydrogen-bond acceptors (Lipinski definition) is 4. The molecule has 0 unspecified atom stereocenters. The molecule has 0 aliphatic rings. The highest BCUT2D eigenvalue weighted by Gasteiger charge is 2.16. The van der Waals surface area contributed by atoms with Crippen molar-refractivity contribution in [2.75, 3.05) is 6.54 Å². The highest BCUT2D eigenvalue weighted by atomic mass is 35.5. The highest BCUT2D eigenvalue weighted by Crippen LogP contribution is 2.20. The van der Waals surface area contributed by atoms with Gasteiger partial charge < -0.3 is 9.42 Å². The fourth-order valence-electron chi connectivity index (χ4n) is 2.51. The number of nitrogens with zero attached hydrogens (tertiary/aromatic N) is 3. The van der Waals surface area contributed by atoms with Crippen LogP contribution in [0.4, 0.5) is 0 Å². The van der Waals surface area contributed by atoms with E-state index in [4.69, 9.17) is 16.1 Å². The Balaban J connectivity index is 1.77. The molecule has 0 spiro atoms. The molecule has 128 valence electrons. The molecule has 0 saturated heterocycles. The summed E-state index contributed by atoms with van der Waals surface area (Å²) < 4.78 is 5.14. The monoisotopic (exact) mass is 355 g/mol. The Morgan fingerprint density at radius 3 is 2.48 bits per heavy atom. The van der Waals surface area contributed by atoms with Crippen LogP contribution in [0.3, 0.4) is 0 Å². The van der Waals surface area contributed by atoms with Crippen LogP contribution in [-0.2, 0) is 6.54 Å². The van der Waals surface area contributed by atoms with Gasteiger partial charge in [-0.1, -0.05) is 35.0 Å². The lowest BCUT2D eigenvalue weighted by atomic mass is 10.1. The molecule has 6 heteroatoms. The van der Waals surface area contributed by atoms with Crippen LogP contribution >= 0.6 is 11.6 Å². The fourth-order valence-corrected chi connectivity index (χ4v) is 2.71. The van der Waals surface area contributed by atoms with Gasteiger partial charge in [0.25, 0.3) is 11.8 Å². The van der Waals surface area contributed by atoms with Crippen LogP contribution < -0.4 is 0 Å². The number of halogens is 1. The first kappa shape index (κ1) is 17.2. The number of carbonyl (C=O) groups is 1. The number of rotatable bonds is 5. The molecule has 0 atom stereocenters. The third kappa shape index (κ3) is 3.88. The standard InChI is InChI=1S/C19H18ClN3O2/c1-3-23(12-16-6-4-5-7-17(16)20)19(24)15-10-8-14(9-11-15)18-21-13(2)22-25-18/h4-11H,3,12H2,1-2H3. The lowest BCUT2D eigenvalue weighted by Gasteiger charge is -2.21. The quantitative estimate of drug-likeness (QED) is 0.682. The van der Waals surface area contributed by atoms with Crippen LogP contribution in [0.25, 0.3) is 11.5 Å². The van der Waals surface area contributed by atoms with Crippen molar-refractivity contribution in [2.24, 2.45) is 0 Å². The molecule has 0 aliphatic carbocycles. The van der Waals surface area contributed by atoms with Crippen molar-refractivity contribution in [1.29, 1.82) is 0 Å². The SMILES string of the molecule is CCN(Cc1ccccc1Cl)C(=O)c1ccc(-c2nc(C)no2)cc1. The van der Waals surface area contributed by atoms with E-state index in [0.717, 1.165) is 11.1 Å². The van der Waals surface area contributed by atoms with Crippen molar-refractivity contribution in [3.8, 4) is 11.5 Å². The van der Waals surface area contributed by atoms with Crippen LogP contribution in [0.5, 0.6) is 0 Å². The summed E-state index contributed by atoms with van der Waals surface area (Å²) in [5.74, 6) is 0.975. The summed E-state index contributed by atoms with van der Waals surface area (Å²) in [4.78, 5) is 18.7. The van der Waals surface area contributed by atoms with E-state index in [1.807, 2.05) is 43.3 Å². The molecule has 1 heterocycles. The molecule has 5 nitrogen and oxygen atoms in total. The second-order valence-corrected chi connectivity index (χ2v) is 6.04. The molecule has 0 N–H and O–H groups in total. The molecular formula is C19H18ClN3O2. The van der Waals surface area contributed by atoms with Gasteiger partial charge in [-0.2, -0.15) is 4.98 Å². The summed E-state index contributed by atoms with van der Waals surface area (Å²) in [6.07, 6.45) is 0. The summed E-state index contributed by atoms with van der Waals surface area (Å²) >= 11 is 6.21. The molecule has 2 aromatic carbocycles. The predicted molar refractivity (Wildman–Crippen MR) is 96.3 cm³/mol. The van der Waals surface area contributed by atoms with E-state index in [0.29, 0.717) is 35.4 Å². The molecule has 1 aromatic heterocycles. The minimum absolute atomic E-state index is 0.0457. The predicted octanol–water partition coefficient (Wildman–Crippen LogP) is 4.36. The van der Waals surface area contributed by atoms with Gasteiger partial charge in [-0.25, -0.2) is 0 Å². The van der Waals surface area contributed by atoms with Gasteiger partial charge in [0, 0.05) is 29.2 Å². The van der Waals surface area contributed by atoms with Gasteiger partial charge in [-0.3, -0.25) is 4.79 Å². The van der Waals surface area contributed by atoms with E-state index in [2.05, 4.69) is 10.1 Å². The lowest BCUT2D eigenvalue weighted by Crippen LogP contribution is -2.30. The average molecular weight is 356 g/mol. The Labute approximate surface area is 151 Å². The first-order valence-corrected chi connectivity index (χ1v) is 8.39. The number of amides is 1. The third-order valence-electron chi connectivity index (χ3n) is 3.89. The summed E-state index contributed by atoms with van der Waals surface area (Å²) in [6.45, 7) is 4.78. The Morgan fingerprint density at radius 2 is 1.88 bits per heavy atom. The van der Waals surface area contributed by atoms with E-state index in [9.17, 15) is 4.79 Å². The molecule has 0 radical (unpaired) electrons. The maximum absolute atomic E-state index is 12.8. The van der Waals surface area contributed by atoms with Gasteiger partial charge in [0.05, 0.1) is 0 Å². The lowest BCUT2D eigenvalue weighted by molar-refractivity contribution is 0.0752. The topological polar surface area (TPSA) is 59.2 Å². The number of benzene rings is 2. The van der Waals surface area contributed by atoms with Crippen molar-refractivity contribution in [3.63, 3.8) is 0 Å². The number of carbonyl (C=O) groups excluding carboxylic acids is 1. The van der Waals surface area contributed by atoms with Gasteiger partial charge in [-0.15, -0.1) is 0 Å². The summed E-state index contributed by atoms with van der Waals surface area (Å²) in [5.41, 5.74) is 2.32. The first-order chi connectivity index (χ1) is 12.1. The molecule has 0 aliphatic heterocycles. The van der Waals surface area contributed by atoms with Crippen LogP contribution in [-0.4, -0.2) is 27.5 Å². The minimum Gasteiger partial charge on any atom is -0.335 e. The molecule has 0 bridgehead atoms. The molecule has 25 heavy (non-hydrogen) atoms. The zero-order valence-corrected chi connectivity index (χ0v) is 14.8. The molecule has 0 fully saturated rings. The number of hydrogen-bond donors (Lipinski definition) is 0. The maximum Gasteiger partial charge on any atom is 0.257 e. The van der Waals surface area contributed by atoms with E-state index in [-0.39, 0.29) is 5.91 Å².